The van der Waals surface area contributed by atoms with E-state index in [2.05, 4.69) is 0 Å². The van der Waals surface area contributed by atoms with Crippen LogP contribution in [0, 0.1) is 11.6 Å². The summed E-state index contributed by atoms with van der Waals surface area (Å²) in [7, 11) is 0. The fourth-order valence-electron chi connectivity index (χ4n) is 0.688. The van der Waals surface area contributed by atoms with Crippen LogP contribution in [0.1, 0.15) is 10.4 Å². The summed E-state index contributed by atoms with van der Waals surface area (Å²) >= 11 is 4.92. The van der Waals surface area contributed by atoms with Crippen molar-refractivity contribution in [3.05, 3.63) is 29.3 Å². The zero-order valence-electron chi connectivity index (χ0n) is 5.64. The van der Waals surface area contributed by atoms with Crippen LogP contribution in [0.3, 0.4) is 0 Å². The standard InChI is InChI=1S/C7H3ClF2O2/c8-7(12)3-1-6(11)5(10)2-4(3)9/h1-2,11H. The Hall–Kier alpha value is -1.16. The number of hydrogen-bond donors (Lipinski definition) is 1. The van der Waals surface area contributed by atoms with Crippen molar-refractivity contribution in [2.45, 2.75) is 0 Å². The van der Waals surface area contributed by atoms with Crippen molar-refractivity contribution in [3.8, 4) is 5.75 Å². The van der Waals surface area contributed by atoms with Crippen LogP contribution in [0.2, 0.25) is 0 Å². The SMILES string of the molecule is O=C(Cl)c1cc(O)c(F)cc1F. The molecule has 0 aliphatic carbocycles. The lowest BCUT2D eigenvalue weighted by Crippen LogP contribution is -1.95. The van der Waals surface area contributed by atoms with Crippen LogP contribution >= 0.6 is 11.6 Å². The number of halogens is 3. The maximum Gasteiger partial charge on any atom is 0.255 e. The Morgan fingerprint density at radius 2 is 1.92 bits per heavy atom. The quantitative estimate of drug-likeness (QED) is 0.692. The van der Waals surface area contributed by atoms with Crippen LogP contribution in [0.5, 0.6) is 5.75 Å². The first kappa shape index (κ1) is 8.93. The summed E-state index contributed by atoms with van der Waals surface area (Å²) in [4.78, 5) is 10.4. The van der Waals surface area contributed by atoms with Crippen molar-refractivity contribution in [3.63, 3.8) is 0 Å². The molecule has 0 radical (unpaired) electrons. The van der Waals surface area contributed by atoms with Crippen LogP contribution < -0.4 is 0 Å². The van der Waals surface area contributed by atoms with Crippen LogP contribution in [-0.2, 0) is 0 Å². The van der Waals surface area contributed by atoms with Crippen LogP contribution in [0.15, 0.2) is 12.1 Å². The molecule has 1 aromatic rings. The minimum Gasteiger partial charge on any atom is -0.505 e. The predicted octanol–water partition coefficient (Wildman–Crippen LogP) is 2.05. The van der Waals surface area contributed by atoms with Gasteiger partial charge in [0.2, 0.25) is 0 Å². The van der Waals surface area contributed by atoms with Crippen molar-refractivity contribution in [2.24, 2.45) is 0 Å². The highest BCUT2D eigenvalue weighted by atomic mass is 35.5. The monoisotopic (exact) mass is 192 g/mol. The number of phenolic OH excluding ortho intramolecular Hbond substituents is 1. The lowest BCUT2D eigenvalue weighted by Gasteiger charge is -1.98. The molecule has 1 N–H and O–H groups in total. The molecule has 0 bridgehead atoms. The molecular weight excluding hydrogens is 190 g/mol. The summed E-state index contributed by atoms with van der Waals surface area (Å²) in [6, 6.07) is 1.03. The molecular formula is C7H3ClF2O2. The Labute approximate surface area is 71.4 Å². The molecule has 0 heterocycles. The maximum absolute atomic E-state index is 12.6. The number of phenols is 1. The molecule has 0 saturated heterocycles. The van der Waals surface area contributed by atoms with E-state index in [1.54, 1.807) is 0 Å². The van der Waals surface area contributed by atoms with E-state index in [-0.39, 0.29) is 0 Å². The second-order valence-electron chi connectivity index (χ2n) is 2.06. The first-order valence-electron chi connectivity index (χ1n) is 2.90. The molecule has 5 heteroatoms. The highest BCUT2D eigenvalue weighted by Gasteiger charge is 2.13. The van der Waals surface area contributed by atoms with Crippen LogP contribution in [0.25, 0.3) is 0 Å². The van der Waals surface area contributed by atoms with Gasteiger partial charge in [0.05, 0.1) is 5.56 Å². The molecule has 0 aliphatic heterocycles. The largest absolute Gasteiger partial charge is 0.505 e. The summed E-state index contributed by atoms with van der Waals surface area (Å²) in [5, 5.41) is 7.64. The predicted molar refractivity (Wildman–Crippen MR) is 38.2 cm³/mol. The number of rotatable bonds is 1. The van der Waals surface area contributed by atoms with Gasteiger partial charge >= 0.3 is 0 Å². The third-order valence-electron chi connectivity index (χ3n) is 1.25. The molecule has 0 amide bonds. The van der Waals surface area contributed by atoms with E-state index < -0.39 is 28.2 Å². The maximum atomic E-state index is 12.6. The molecule has 0 unspecified atom stereocenters. The minimum atomic E-state index is -1.13. The van der Waals surface area contributed by atoms with Crippen LogP contribution in [-0.4, -0.2) is 10.3 Å². The number of hydrogen-bond acceptors (Lipinski definition) is 2. The van der Waals surface area contributed by atoms with Gasteiger partial charge in [-0.15, -0.1) is 0 Å². The second kappa shape index (κ2) is 3.06. The molecule has 0 fully saturated rings. The molecule has 64 valence electrons. The highest BCUT2D eigenvalue weighted by Crippen LogP contribution is 2.21. The molecule has 1 rings (SSSR count). The van der Waals surface area contributed by atoms with E-state index in [0.717, 1.165) is 0 Å². The summed E-state index contributed by atoms with van der Waals surface area (Å²) in [6.45, 7) is 0. The molecule has 0 atom stereocenters. The summed E-state index contributed by atoms with van der Waals surface area (Å²) in [5.74, 6) is -3.03. The van der Waals surface area contributed by atoms with Gasteiger partial charge in [0, 0.05) is 6.07 Å². The van der Waals surface area contributed by atoms with Crippen molar-refractivity contribution < 1.29 is 18.7 Å². The molecule has 0 aromatic heterocycles. The molecule has 0 aliphatic rings. The number of benzene rings is 1. The van der Waals surface area contributed by atoms with Gasteiger partial charge in [-0.2, -0.15) is 0 Å². The Balaban J connectivity index is 3.33. The van der Waals surface area contributed by atoms with E-state index in [1.807, 2.05) is 0 Å². The van der Waals surface area contributed by atoms with Gasteiger partial charge < -0.3 is 5.11 Å². The number of aromatic hydroxyl groups is 1. The summed E-state index contributed by atoms with van der Waals surface area (Å²) < 4.78 is 25.0. The first-order valence-corrected chi connectivity index (χ1v) is 3.28. The smallest absolute Gasteiger partial charge is 0.255 e. The van der Waals surface area contributed by atoms with E-state index in [0.29, 0.717) is 12.1 Å². The zero-order valence-corrected chi connectivity index (χ0v) is 6.40. The summed E-state index contributed by atoms with van der Waals surface area (Å²) in [6.07, 6.45) is 0. The molecule has 1 aromatic carbocycles. The average Bonchev–Trinajstić information content (AvgIpc) is 1.96. The molecule has 2 nitrogen and oxygen atoms in total. The van der Waals surface area contributed by atoms with E-state index in [4.69, 9.17) is 16.7 Å². The van der Waals surface area contributed by atoms with Crippen molar-refractivity contribution in [1.29, 1.82) is 0 Å². The first-order chi connectivity index (χ1) is 5.52. The van der Waals surface area contributed by atoms with E-state index in [9.17, 15) is 13.6 Å². The fourth-order valence-corrected chi connectivity index (χ4v) is 0.833. The van der Waals surface area contributed by atoms with Gasteiger partial charge in [0.1, 0.15) is 5.82 Å². The minimum absolute atomic E-state index is 0.394. The van der Waals surface area contributed by atoms with Gasteiger partial charge in [-0.25, -0.2) is 8.78 Å². The van der Waals surface area contributed by atoms with Gasteiger partial charge in [-0.3, -0.25) is 4.79 Å². The van der Waals surface area contributed by atoms with E-state index in [1.165, 1.54) is 0 Å². The fraction of sp³-hybridized carbons (Fsp3) is 0. The molecule has 0 saturated carbocycles. The third-order valence-corrected chi connectivity index (χ3v) is 1.45. The Morgan fingerprint density at radius 1 is 1.33 bits per heavy atom. The van der Waals surface area contributed by atoms with E-state index >= 15 is 0 Å². The van der Waals surface area contributed by atoms with Gasteiger partial charge in [-0.1, -0.05) is 0 Å². The normalized spacial score (nSPS) is 9.92. The Bertz CT molecular complexity index is 338. The average molecular weight is 193 g/mol. The van der Waals surface area contributed by atoms with Crippen molar-refractivity contribution in [2.75, 3.05) is 0 Å². The Morgan fingerprint density at radius 3 is 2.42 bits per heavy atom. The highest BCUT2D eigenvalue weighted by molar-refractivity contribution is 6.67. The lowest BCUT2D eigenvalue weighted by atomic mass is 10.2. The zero-order chi connectivity index (χ0) is 9.30. The Kier molecular flexibility index (Phi) is 2.28. The third kappa shape index (κ3) is 1.53. The molecule has 12 heavy (non-hydrogen) atoms. The van der Waals surface area contributed by atoms with Gasteiger partial charge in [0.15, 0.2) is 11.6 Å². The second-order valence-corrected chi connectivity index (χ2v) is 2.40. The van der Waals surface area contributed by atoms with Gasteiger partial charge in [-0.05, 0) is 17.7 Å². The van der Waals surface area contributed by atoms with Crippen LogP contribution in [0.4, 0.5) is 8.78 Å². The summed E-state index contributed by atoms with van der Waals surface area (Å²) in [5.41, 5.74) is -0.546. The van der Waals surface area contributed by atoms with Crippen molar-refractivity contribution >= 4 is 16.8 Å². The lowest BCUT2D eigenvalue weighted by molar-refractivity contribution is 0.107. The van der Waals surface area contributed by atoms with Crippen molar-refractivity contribution in [1.82, 2.24) is 0 Å². The van der Waals surface area contributed by atoms with Gasteiger partial charge in [0.25, 0.3) is 5.24 Å². The molecule has 0 spiro atoms. The number of carbonyl (C=O) groups excluding carboxylic acids is 1. The topological polar surface area (TPSA) is 37.3 Å². The number of carbonyl (C=O) groups is 1.